The quantitative estimate of drug-likeness (QED) is 0.701. The summed E-state index contributed by atoms with van der Waals surface area (Å²) in [5.74, 6) is 0.290. The third kappa shape index (κ3) is 3.93. The van der Waals surface area contributed by atoms with Crippen molar-refractivity contribution in [1.82, 2.24) is 14.7 Å². The maximum atomic E-state index is 12.1. The molecule has 0 aliphatic carbocycles. The van der Waals surface area contributed by atoms with Crippen molar-refractivity contribution in [2.24, 2.45) is 0 Å². The lowest BCUT2D eigenvalue weighted by Crippen LogP contribution is -2.49. The van der Waals surface area contributed by atoms with Gasteiger partial charge in [0.25, 0.3) is 0 Å². The maximum absolute atomic E-state index is 12.1. The fraction of sp³-hybridized carbons (Fsp3) is 0.923. The number of likely N-dealkylation sites (tertiary alicyclic amines) is 1. The van der Waals surface area contributed by atoms with E-state index in [9.17, 15) is 4.79 Å². The second-order valence-corrected chi connectivity index (χ2v) is 5.58. The van der Waals surface area contributed by atoms with Gasteiger partial charge in [-0.1, -0.05) is 0 Å². The van der Waals surface area contributed by atoms with Gasteiger partial charge >= 0.3 is 0 Å². The van der Waals surface area contributed by atoms with E-state index in [1.165, 1.54) is 0 Å². The van der Waals surface area contributed by atoms with Crippen LogP contribution in [-0.4, -0.2) is 86.7 Å². The largest absolute Gasteiger partial charge is 0.374 e. The molecule has 2 aliphatic heterocycles. The highest BCUT2D eigenvalue weighted by atomic mass is 16.5. The van der Waals surface area contributed by atoms with E-state index < -0.39 is 0 Å². The van der Waals surface area contributed by atoms with E-state index in [1.54, 1.807) is 0 Å². The Labute approximate surface area is 110 Å². The minimum atomic E-state index is 0.236. The maximum Gasteiger partial charge on any atom is 0.236 e. The molecule has 0 radical (unpaired) electrons. The second-order valence-electron chi connectivity index (χ2n) is 5.58. The van der Waals surface area contributed by atoms with Gasteiger partial charge in [0.05, 0.1) is 19.3 Å². The lowest BCUT2D eigenvalue weighted by Gasteiger charge is -2.34. The molecule has 1 amide bonds. The van der Waals surface area contributed by atoms with Gasteiger partial charge in [-0.2, -0.15) is 0 Å². The average molecular weight is 255 g/mol. The highest BCUT2D eigenvalue weighted by Crippen LogP contribution is 2.10. The second kappa shape index (κ2) is 6.50. The number of rotatable bonds is 4. The molecule has 2 saturated heterocycles. The number of nitrogens with zero attached hydrogens (tertiary/aromatic N) is 3. The van der Waals surface area contributed by atoms with Gasteiger partial charge in [0.2, 0.25) is 5.91 Å². The standard InChI is InChI=1S/C13H25N3O2/c1-14(2)9-12-10-15(7-8-18-12)11-13(17)16-5-3-4-6-16/h12H,3-11H2,1-2H3/t12-/m1/s1. The molecule has 0 saturated carbocycles. The van der Waals surface area contributed by atoms with E-state index in [2.05, 4.69) is 23.9 Å². The lowest BCUT2D eigenvalue weighted by molar-refractivity contribution is -0.133. The first-order valence-corrected chi connectivity index (χ1v) is 6.91. The molecule has 2 aliphatic rings. The summed E-state index contributed by atoms with van der Waals surface area (Å²) >= 11 is 0. The predicted octanol–water partition coefficient (Wildman–Crippen LogP) is -0.129. The normalized spacial score (nSPS) is 25.9. The molecule has 0 spiro atoms. The Morgan fingerprint density at radius 3 is 2.67 bits per heavy atom. The number of hydrogen-bond acceptors (Lipinski definition) is 4. The fourth-order valence-electron chi connectivity index (χ4n) is 2.70. The van der Waals surface area contributed by atoms with Gasteiger partial charge in [-0.15, -0.1) is 0 Å². The van der Waals surface area contributed by atoms with E-state index in [0.29, 0.717) is 6.54 Å². The predicted molar refractivity (Wildman–Crippen MR) is 70.5 cm³/mol. The Balaban J connectivity index is 1.76. The number of carbonyl (C=O) groups is 1. The number of amides is 1. The third-order valence-electron chi connectivity index (χ3n) is 3.61. The zero-order chi connectivity index (χ0) is 13.0. The Bertz CT molecular complexity index is 277. The van der Waals surface area contributed by atoms with E-state index in [4.69, 9.17) is 4.74 Å². The molecule has 18 heavy (non-hydrogen) atoms. The summed E-state index contributed by atoms with van der Waals surface area (Å²) in [6.45, 7) is 5.88. The van der Waals surface area contributed by atoms with E-state index in [1.807, 2.05) is 4.90 Å². The van der Waals surface area contributed by atoms with Gasteiger partial charge in [-0.05, 0) is 26.9 Å². The number of morpholine rings is 1. The Hall–Kier alpha value is -0.650. The van der Waals surface area contributed by atoms with Crippen LogP contribution >= 0.6 is 0 Å². The summed E-state index contributed by atoms with van der Waals surface area (Å²) in [4.78, 5) is 18.4. The van der Waals surface area contributed by atoms with Crippen LogP contribution in [0.1, 0.15) is 12.8 Å². The number of carbonyl (C=O) groups excluding carboxylic acids is 1. The van der Waals surface area contributed by atoms with Crippen LogP contribution in [0.3, 0.4) is 0 Å². The van der Waals surface area contributed by atoms with Crippen LogP contribution in [0.25, 0.3) is 0 Å². The smallest absolute Gasteiger partial charge is 0.236 e. The summed E-state index contributed by atoms with van der Waals surface area (Å²) in [5, 5.41) is 0. The summed E-state index contributed by atoms with van der Waals surface area (Å²) < 4.78 is 5.72. The molecule has 1 atom stereocenters. The van der Waals surface area contributed by atoms with E-state index >= 15 is 0 Å². The lowest BCUT2D eigenvalue weighted by atomic mass is 10.2. The van der Waals surface area contributed by atoms with Crippen LogP contribution in [0, 0.1) is 0 Å². The molecule has 5 nitrogen and oxygen atoms in total. The van der Waals surface area contributed by atoms with Gasteiger partial charge in [0, 0.05) is 32.7 Å². The molecule has 0 unspecified atom stereocenters. The minimum absolute atomic E-state index is 0.236. The van der Waals surface area contributed by atoms with Crippen molar-refractivity contribution in [2.75, 3.05) is 60.0 Å². The number of hydrogen-bond donors (Lipinski definition) is 0. The monoisotopic (exact) mass is 255 g/mol. The Morgan fingerprint density at radius 1 is 1.28 bits per heavy atom. The van der Waals surface area contributed by atoms with Crippen molar-refractivity contribution < 1.29 is 9.53 Å². The Kier molecular flexibility index (Phi) is 4.97. The fourth-order valence-corrected chi connectivity index (χ4v) is 2.70. The molecule has 2 rings (SSSR count). The zero-order valence-corrected chi connectivity index (χ0v) is 11.6. The number of ether oxygens (including phenoxy) is 1. The van der Waals surface area contributed by atoms with Crippen LogP contribution in [0.5, 0.6) is 0 Å². The molecule has 0 aromatic rings. The van der Waals surface area contributed by atoms with Gasteiger partial charge < -0.3 is 14.5 Å². The highest BCUT2D eigenvalue weighted by molar-refractivity contribution is 5.78. The van der Waals surface area contributed by atoms with Crippen LogP contribution in [-0.2, 0) is 9.53 Å². The highest BCUT2D eigenvalue weighted by Gasteiger charge is 2.25. The van der Waals surface area contributed by atoms with Crippen LogP contribution < -0.4 is 0 Å². The SMILES string of the molecule is CN(C)C[C@@H]1CN(CC(=O)N2CCCC2)CCO1. The molecule has 0 aromatic heterocycles. The molecule has 2 fully saturated rings. The van der Waals surface area contributed by atoms with Crippen molar-refractivity contribution in [3.05, 3.63) is 0 Å². The first-order chi connectivity index (χ1) is 8.65. The van der Waals surface area contributed by atoms with Crippen molar-refractivity contribution in [3.8, 4) is 0 Å². The number of likely N-dealkylation sites (N-methyl/N-ethyl adjacent to an activating group) is 1. The van der Waals surface area contributed by atoms with E-state index in [0.717, 1.165) is 52.2 Å². The summed E-state index contributed by atoms with van der Waals surface area (Å²) in [6, 6.07) is 0. The van der Waals surface area contributed by atoms with Crippen molar-refractivity contribution in [1.29, 1.82) is 0 Å². The first kappa shape index (κ1) is 13.8. The first-order valence-electron chi connectivity index (χ1n) is 6.91. The van der Waals surface area contributed by atoms with Crippen LogP contribution in [0.2, 0.25) is 0 Å². The summed E-state index contributed by atoms with van der Waals surface area (Å²) in [6.07, 6.45) is 2.57. The Morgan fingerprint density at radius 2 is 2.00 bits per heavy atom. The topological polar surface area (TPSA) is 36.0 Å². The van der Waals surface area contributed by atoms with Gasteiger partial charge in [-0.3, -0.25) is 9.69 Å². The van der Waals surface area contributed by atoms with Gasteiger partial charge in [-0.25, -0.2) is 0 Å². The molecule has 2 heterocycles. The van der Waals surface area contributed by atoms with Crippen LogP contribution in [0.4, 0.5) is 0 Å². The van der Waals surface area contributed by atoms with Crippen molar-refractivity contribution in [2.45, 2.75) is 18.9 Å². The summed E-state index contributed by atoms with van der Waals surface area (Å²) in [7, 11) is 4.11. The zero-order valence-electron chi connectivity index (χ0n) is 11.6. The average Bonchev–Trinajstić information content (AvgIpc) is 2.81. The molecule has 0 aromatic carbocycles. The summed E-state index contributed by atoms with van der Waals surface area (Å²) in [5.41, 5.74) is 0. The molecule has 0 N–H and O–H groups in total. The van der Waals surface area contributed by atoms with Crippen LogP contribution in [0.15, 0.2) is 0 Å². The molecule has 104 valence electrons. The van der Waals surface area contributed by atoms with Gasteiger partial charge in [0.1, 0.15) is 0 Å². The molecular weight excluding hydrogens is 230 g/mol. The molecule has 5 heteroatoms. The third-order valence-corrected chi connectivity index (χ3v) is 3.61. The van der Waals surface area contributed by atoms with E-state index in [-0.39, 0.29) is 12.0 Å². The molecule has 0 bridgehead atoms. The van der Waals surface area contributed by atoms with Gasteiger partial charge in [0.15, 0.2) is 0 Å². The van der Waals surface area contributed by atoms with Crippen molar-refractivity contribution >= 4 is 5.91 Å². The van der Waals surface area contributed by atoms with Crippen molar-refractivity contribution in [3.63, 3.8) is 0 Å². The molecular formula is C13H25N3O2. The minimum Gasteiger partial charge on any atom is -0.374 e.